The first-order valence-corrected chi connectivity index (χ1v) is 35.4. The number of carboxylic acid groups (broad SMARTS) is 4. The molecule has 15 amide bonds. The van der Waals surface area contributed by atoms with Gasteiger partial charge in [0.2, 0.25) is 88.6 Å². The number of likely N-dealkylation sites (N-methyl/N-ethyl adjacent to an activating group) is 1. The molecule has 2 heterocycles. The number of aliphatic hydroxyl groups excluding tert-OH is 1. The van der Waals surface area contributed by atoms with E-state index in [1.54, 1.807) is 30.5 Å². The van der Waals surface area contributed by atoms with Crippen LogP contribution in [0.25, 0.3) is 10.9 Å². The molecule has 1 fully saturated rings. The van der Waals surface area contributed by atoms with Crippen LogP contribution in [-0.4, -0.2) is 266 Å². The number of aromatic nitrogens is 1. The molecule has 1 aromatic heterocycles. The van der Waals surface area contributed by atoms with Crippen molar-refractivity contribution in [2.75, 3.05) is 27.2 Å². The number of H-pyrrole nitrogens is 1. The van der Waals surface area contributed by atoms with E-state index in [9.17, 15) is 121 Å². The summed E-state index contributed by atoms with van der Waals surface area (Å²) < 4.78 is 10.6. The van der Waals surface area contributed by atoms with Crippen molar-refractivity contribution in [1.29, 1.82) is 0 Å². The van der Waals surface area contributed by atoms with Gasteiger partial charge in [0.15, 0.2) is 12.2 Å². The third-order valence-corrected chi connectivity index (χ3v) is 17.2. The number of aromatic amines is 1. The lowest BCUT2D eigenvalue weighted by atomic mass is 10.0. The average molecular weight is 1570 g/mol. The van der Waals surface area contributed by atoms with Crippen LogP contribution >= 0.6 is 0 Å². The highest BCUT2D eigenvalue weighted by Gasteiger charge is 2.43. The molecule has 22 N–H and O–H groups in total. The van der Waals surface area contributed by atoms with E-state index >= 15 is 0 Å². The van der Waals surface area contributed by atoms with Crippen LogP contribution in [0.3, 0.4) is 0 Å². The first kappa shape index (κ1) is 93.3. The van der Waals surface area contributed by atoms with Crippen LogP contribution in [0.5, 0.6) is 0 Å². The number of nitrogens with one attached hydrogen (secondary N) is 13. The molecular weight excluding hydrogens is 1470 g/mol. The Morgan fingerprint density at radius 2 is 1.19 bits per heavy atom. The Kier molecular flexibility index (Phi) is 38.5. The predicted octanol–water partition coefficient (Wildman–Crippen LogP) is -6.57. The third-order valence-electron chi connectivity index (χ3n) is 17.2. The molecule has 614 valence electrons. The summed E-state index contributed by atoms with van der Waals surface area (Å²) in [6, 6.07) is -15.6. The van der Waals surface area contributed by atoms with Crippen molar-refractivity contribution in [2.45, 2.75) is 223 Å². The van der Waals surface area contributed by atoms with Crippen LogP contribution in [0.15, 0.2) is 30.5 Å². The normalized spacial score (nSPS) is 22.0. The number of hydrogen-bond donors (Lipinski definition) is 20. The number of fused-ring (bicyclic) bond motifs is 1. The number of carbonyl (C=O) groups is 20. The molecular formula is C68H100N16O27. The number of aliphatic hydroxyl groups is 1. The number of unbranched alkanes of at least 4 members (excludes halogenated alkanes) is 6. The molecule has 2 aromatic rings. The van der Waals surface area contributed by atoms with E-state index in [4.69, 9.17) is 20.9 Å². The van der Waals surface area contributed by atoms with E-state index in [1.165, 1.54) is 13.8 Å². The van der Waals surface area contributed by atoms with Gasteiger partial charge in [-0.15, -0.1) is 0 Å². The first-order chi connectivity index (χ1) is 52.1. The second kappa shape index (κ2) is 45.8. The van der Waals surface area contributed by atoms with E-state index in [0.717, 1.165) is 67.0 Å². The van der Waals surface area contributed by atoms with Gasteiger partial charge < -0.3 is 120 Å². The number of nitrogens with zero attached hydrogens (tertiary/aromatic N) is 1. The molecule has 1 aliphatic heterocycles. The molecule has 1 aromatic carbocycles. The highest BCUT2D eigenvalue weighted by atomic mass is 16.5. The number of nitrogens with two attached hydrogens (primary N) is 2. The van der Waals surface area contributed by atoms with Crippen LogP contribution in [0, 0.1) is 5.92 Å². The monoisotopic (exact) mass is 1570 g/mol. The Balaban J connectivity index is 2.22. The molecule has 0 bridgehead atoms. The summed E-state index contributed by atoms with van der Waals surface area (Å²) in [5.74, 6) is -29.6. The van der Waals surface area contributed by atoms with Gasteiger partial charge in [-0.3, -0.25) is 86.3 Å². The Morgan fingerprint density at radius 3 is 1.78 bits per heavy atom. The average Bonchev–Trinajstić information content (AvgIpc) is 1.81. The van der Waals surface area contributed by atoms with Gasteiger partial charge in [0.05, 0.1) is 25.9 Å². The molecule has 43 heteroatoms. The van der Waals surface area contributed by atoms with Crippen LogP contribution < -0.4 is 75.3 Å². The number of benzene rings is 1. The number of aliphatic carboxylic acids is 4. The molecule has 0 spiro atoms. The number of esters is 1. The summed E-state index contributed by atoms with van der Waals surface area (Å²) in [6.07, 6.45) is -5.48. The van der Waals surface area contributed by atoms with Gasteiger partial charge in [0.25, 0.3) is 0 Å². The van der Waals surface area contributed by atoms with Gasteiger partial charge in [0.1, 0.15) is 72.6 Å². The summed E-state index contributed by atoms with van der Waals surface area (Å²) in [6.45, 7) is 5.20. The van der Waals surface area contributed by atoms with E-state index in [2.05, 4.69) is 54.4 Å². The van der Waals surface area contributed by atoms with Crippen LogP contribution in [0.1, 0.15) is 137 Å². The maximum atomic E-state index is 14.8. The van der Waals surface area contributed by atoms with Gasteiger partial charge in [-0.2, -0.15) is 0 Å². The van der Waals surface area contributed by atoms with Gasteiger partial charge >= 0.3 is 29.8 Å². The SMILES string of the molecule is CCCCCCCCCC(=O)NC(Cc1c[nH]c2ccccc12)C(=O)NC(CCC(=O)O)C(=O)NC(C(=O)NC1C(=O)N(C)CC(=O)NC(C)C(=O)NC(CC(=O)O)C(=O)NC(C)C(=O)NC(C(OC)C(=O)O)C(=O)NCC(=O)NC(CC(N)=O)C(=O)NC(CCC(=O)O)C(=O)NC(C(C)C)C(=O)OC1C)C(O)C(N)=O. The van der Waals surface area contributed by atoms with Gasteiger partial charge in [0, 0.05) is 56.9 Å². The molecule has 3 rings (SSSR count). The summed E-state index contributed by atoms with van der Waals surface area (Å²) in [4.78, 5) is 274. The van der Waals surface area contributed by atoms with Gasteiger partial charge in [-0.1, -0.05) is 77.5 Å². The van der Waals surface area contributed by atoms with E-state index < -0.39 is 261 Å². The number of carbonyl (C=O) groups excluding carboxylic acids is 16. The number of cyclic esters (lactones) is 1. The summed E-state index contributed by atoms with van der Waals surface area (Å²) in [5, 5.41) is 77.0. The Hall–Kier alpha value is -11.9. The van der Waals surface area contributed by atoms with Crippen molar-refractivity contribution < 1.29 is 131 Å². The number of ether oxygens (including phenoxy) is 2. The zero-order chi connectivity index (χ0) is 83.7. The summed E-state index contributed by atoms with van der Waals surface area (Å²) in [7, 11) is 1.68. The number of methoxy groups -OCH3 is 1. The number of hydrogen-bond acceptors (Lipinski definition) is 23. The third kappa shape index (κ3) is 31.3. The van der Waals surface area contributed by atoms with Gasteiger partial charge in [-0.05, 0) is 57.6 Å². The predicted molar refractivity (Wildman–Crippen MR) is 382 cm³/mol. The minimum absolute atomic E-state index is 0.0199. The molecule has 0 radical (unpaired) electrons. The highest BCUT2D eigenvalue weighted by Crippen LogP contribution is 2.21. The zero-order valence-corrected chi connectivity index (χ0v) is 62.4. The fraction of sp³-hybridized carbons (Fsp3) is 0.588. The van der Waals surface area contributed by atoms with E-state index in [-0.39, 0.29) is 12.8 Å². The van der Waals surface area contributed by atoms with Crippen molar-refractivity contribution in [1.82, 2.24) is 73.7 Å². The number of carboxylic acids is 4. The van der Waals surface area contributed by atoms with Gasteiger partial charge in [-0.25, -0.2) is 9.59 Å². The molecule has 1 aliphatic rings. The Morgan fingerprint density at radius 1 is 0.622 bits per heavy atom. The quantitative estimate of drug-likeness (QED) is 0.0233. The van der Waals surface area contributed by atoms with E-state index in [1.807, 2.05) is 21.3 Å². The minimum atomic E-state index is -2.79. The lowest BCUT2D eigenvalue weighted by molar-refractivity contribution is -0.159. The minimum Gasteiger partial charge on any atom is -0.481 e. The lowest BCUT2D eigenvalue weighted by Gasteiger charge is -2.32. The molecule has 0 aliphatic carbocycles. The maximum absolute atomic E-state index is 14.8. The zero-order valence-electron chi connectivity index (χ0n) is 62.4. The Bertz CT molecular complexity index is 3740. The number of para-hydroxylation sites is 1. The standard InChI is InChI=1S/C68H100N16O27/c1-9-10-11-12-13-14-15-20-44(86)75-40(25-35-28-71-37-19-17-16-18-36(35)37)62(102)77-39(22-24-48(91)92)60(100)82-52(54(95)56(70)96)65(105)81-51-34(6)111-68(109)50(31(2)3)80-59(99)38(21-23-47(89)90)78-63(103)41(26-43(69)85)76-45(87)29-72-64(104)53(55(110-8)67(107)108)83-58(98)33(5)74-61(101)42(27-49(93)94)79-57(97)32(4)73-46(88)30-84(7)66(51)106/h16-19,28,31-34,38-42,50-55,71,95H,9-15,20-27,29-30H2,1-8H3,(H2,69,85)(H2,70,96)(H,72,104)(H,73,88)(H,74,101)(H,75,86)(H,76,87)(H,77,102)(H,78,103)(H,79,97)(H,80,99)(H,81,105)(H,82,100)(H,83,98)(H,89,90)(H,91,92)(H,93,94)(H,107,108). The number of primary amides is 2. The summed E-state index contributed by atoms with van der Waals surface area (Å²) >= 11 is 0. The molecule has 0 saturated carbocycles. The number of rotatable bonds is 33. The van der Waals surface area contributed by atoms with Crippen LogP contribution in [0.4, 0.5) is 0 Å². The highest BCUT2D eigenvalue weighted by molar-refractivity contribution is 6.02. The van der Waals surface area contributed by atoms with Crippen LogP contribution in [0.2, 0.25) is 0 Å². The fourth-order valence-corrected chi connectivity index (χ4v) is 11.1. The Labute approximate surface area is 635 Å². The lowest BCUT2D eigenvalue weighted by Crippen LogP contribution is -2.64. The second-order valence-electron chi connectivity index (χ2n) is 26.6. The number of amides is 15. The second-order valence-corrected chi connectivity index (χ2v) is 26.6. The smallest absolute Gasteiger partial charge is 0.335 e. The van der Waals surface area contributed by atoms with Crippen LogP contribution in [-0.2, 0) is 112 Å². The molecule has 14 atom stereocenters. The molecule has 111 heavy (non-hydrogen) atoms. The van der Waals surface area contributed by atoms with Crippen molar-refractivity contribution in [3.05, 3.63) is 36.0 Å². The van der Waals surface area contributed by atoms with E-state index in [0.29, 0.717) is 34.2 Å². The van der Waals surface area contributed by atoms with Crippen molar-refractivity contribution >= 4 is 129 Å². The van der Waals surface area contributed by atoms with Crippen molar-refractivity contribution in [3.8, 4) is 0 Å². The van der Waals surface area contributed by atoms with Crippen molar-refractivity contribution in [3.63, 3.8) is 0 Å². The molecule has 43 nitrogen and oxygen atoms in total. The largest absolute Gasteiger partial charge is 0.481 e. The first-order valence-electron chi connectivity index (χ1n) is 35.4. The maximum Gasteiger partial charge on any atom is 0.335 e. The molecule has 14 unspecified atom stereocenters. The topological polar surface area (TPSA) is 676 Å². The molecule has 1 saturated heterocycles. The van der Waals surface area contributed by atoms with Crippen molar-refractivity contribution in [2.24, 2.45) is 17.4 Å². The summed E-state index contributed by atoms with van der Waals surface area (Å²) in [5.41, 5.74) is 12.0. The fourth-order valence-electron chi connectivity index (χ4n) is 11.1.